The van der Waals surface area contributed by atoms with Crippen LogP contribution in [0, 0.1) is 0 Å². The molecule has 1 heterocycles. The topological polar surface area (TPSA) is 117 Å². The maximum atomic E-state index is 12.7. The summed E-state index contributed by atoms with van der Waals surface area (Å²) in [5.41, 5.74) is -2.56. The third kappa shape index (κ3) is 4.63. The van der Waals surface area contributed by atoms with Crippen LogP contribution in [0.5, 0.6) is 0 Å². The number of carbonyl (C=O) groups is 2. The Hall–Kier alpha value is -2.16. The van der Waals surface area contributed by atoms with Crippen molar-refractivity contribution in [2.45, 2.75) is 63.6 Å². The zero-order valence-corrected chi connectivity index (χ0v) is 16.7. The predicted molar refractivity (Wildman–Crippen MR) is 100 cm³/mol. The van der Waals surface area contributed by atoms with Gasteiger partial charge in [-0.05, 0) is 39.7 Å². The monoisotopic (exact) mass is 395 g/mol. The second-order valence-electron chi connectivity index (χ2n) is 7.90. The molecule has 2 rings (SSSR count). The summed E-state index contributed by atoms with van der Waals surface area (Å²) >= 11 is 0. The van der Waals surface area contributed by atoms with Crippen molar-refractivity contribution in [2.24, 2.45) is 0 Å². The molecule has 0 saturated carbocycles. The number of ether oxygens (including phenoxy) is 2. The summed E-state index contributed by atoms with van der Waals surface area (Å²) in [7, 11) is 0. The molecule has 0 spiro atoms. The molecule has 3 N–H and O–H groups in total. The van der Waals surface area contributed by atoms with Crippen molar-refractivity contribution in [3.8, 4) is 0 Å². The first-order valence-electron chi connectivity index (χ1n) is 9.30. The van der Waals surface area contributed by atoms with E-state index in [-0.39, 0.29) is 13.0 Å². The zero-order valence-electron chi connectivity index (χ0n) is 16.7. The third-order valence-corrected chi connectivity index (χ3v) is 4.61. The van der Waals surface area contributed by atoms with Gasteiger partial charge in [-0.25, -0.2) is 9.59 Å². The predicted octanol–water partition coefficient (Wildman–Crippen LogP) is 0.864. The highest BCUT2D eigenvalue weighted by Crippen LogP contribution is 2.32. The molecule has 1 aromatic rings. The smallest absolute Gasteiger partial charge is 0.410 e. The van der Waals surface area contributed by atoms with Crippen LogP contribution in [-0.4, -0.2) is 74.9 Å². The Morgan fingerprint density at radius 1 is 1.21 bits per heavy atom. The molecule has 28 heavy (non-hydrogen) atoms. The number of amides is 1. The molecule has 0 unspecified atom stereocenters. The SMILES string of the molecule is CCOC(=O)[C@]1(O)[C@@H](O)CN(C(=O)OC(C)(C)C)[C@@H](Cc2ccccc2)[C@@H]1O. The molecule has 1 aromatic carbocycles. The summed E-state index contributed by atoms with van der Waals surface area (Å²) in [5, 5.41) is 32.1. The first-order valence-corrected chi connectivity index (χ1v) is 9.30. The lowest BCUT2D eigenvalue weighted by Gasteiger charge is -2.48. The van der Waals surface area contributed by atoms with Gasteiger partial charge in [0, 0.05) is 0 Å². The highest BCUT2D eigenvalue weighted by molar-refractivity contribution is 5.82. The number of hydrogen-bond donors (Lipinski definition) is 3. The molecular formula is C20H29NO7. The van der Waals surface area contributed by atoms with Crippen molar-refractivity contribution in [1.82, 2.24) is 4.90 Å². The molecule has 156 valence electrons. The van der Waals surface area contributed by atoms with E-state index in [1.807, 2.05) is 6.07 Å². The Morgan fingerprint density at radius 3 is 2.36 bits per heavy atom. The van der Waals surface area contributed by atoms with E-state index in [1.165, 1.54) is 0 Å². The highest BCUT2D eigenvalue weighted by Gasteiger charge is 2.59. The number of likely N-dealkylation sites (tertiary alicyclic amines) is 1. The number of piperidine rings is 1. The lowest BCUT2D eigenvalue weighted by atomic mass is 9.79. The molecule has 0 aromatic heterocycles. The van der Waals surface area contributed by atoms with Crippen molar-refractivity contribution in [1.29, 1.82) is 0 Å². The fourth-order valence-corrected chi connectivity index (χ4v) is 3.23. The number of nitrogens with zero attached hydrogens (tertiary/aromatic N) is 1. The quantitative estimate of drug-likeness (QED) is 0.648. The van der Waals surface area contributed by atoms with Gasteiger partial charge in [0.1, 0.15) is 17.8 Å². The van der Waals surface area contributed by atoms with E-state index in [9.17, 15) is 24.9 Å². The van der Waals surface area contributed by atoms with E-state index in [0.29, 0.717) is 0 Å². The standard InChI is InChI=1S/C20H29NO7/c1-5-27-17(24)20(26)15(22)12-21(18(25)28-19(2,3)4)14(16(20)23)11-13-9-7-6-8-10-13/h6-10,14-16,22-23,26H,5,11-12H2,1-4H3/t14-,15-,16-,20-/m0/s1. The molecule has 8 heteroatoms. The molecule has 0 aliphatic carbocycles. The van der Waals surface area contributed by atoms with Gasteiger partial charge in [0.05, 0.1) is 19.2 Å². The fraction of sp³-hybridized carbons (Fsp3) is 0.600. The average Bonchev–Trinajstić information content (AvgIpc) is 2.61. The molecule has 1 amide bonds. The van der Waals surface area contributed by atoms with E-state index in [1.54, 1.807) is 52.0 Å². The molecule has 1 fully saturated rings. The van der Waals surface area contributed by atoms with Gasteiger partial charge in [-0.1, -0.05) is 30.3 Å². The summed E-state index contributed by atoms with van der Waals surface area (Å²) < 4.78 is 10.2. The number of β-amino-alcohol motifs (C(OH)–C–C–N with tert-alkyl or cyclic N) is 1. The van der Waals surface area contributed by atoms with Gasteiger partial charge in [-0.3, -0.25) is 4.90 Å². The summed E-state index contributed by atoms with van der Waals surface area (Å²) in [6.45, 7) is 6.23. The molecule has 0 radical (unpaired) electrons. The Kier molecular flexibility index (Phi) is 6.69. The van der Waals surface area contributed by atoms with Gasteiger partial charge < -0.3 is 24.8 Å². The minimum atomic E-state index is -2.55. The van der Waals surface area contributed by atoms with Crippen LogP contribution in [0.15, 0.2) is 30.3 Å². The number of aliphatic hydroxyl groups is 3. The van der Waals surface area contributed by atoms with Gasteiger partial charge in [-0.15, -0.1) is 0 Å². The van der Waals surface area contributed by atoms with Crippen LogP contribution in [0.4, 0.5) is 4.79 Å². The van der Waals surface area contributed by atoms with Crippen molar-refractivity contribution in [2.75, 3.05) is 13.2 Å². The lowest BCUT2D eigenvalue weighted by molar-refractivity contribution is -0.221. The fourth-order valence-electron chi connectivity index (χ4n) is 3.23. The van der Waals surface area contributed by atoms with Crippen LogP contribution in [0.2, 0.25) is 0 Å². The van der Waals surface area contributed by atoms with Crippen molar-refractivity contribution in [3.05, 3.63) is 35.9 Å². The Morgan fingerprint density at radius 2 is 1.82 bits per heavy atom. The number of hydrogen-bond acceptors (Lipinski definition) is 7. The van der Waals surface area contributed by atoms with E-state index >= 15 is 0 Å². The Bertz CT molecular complexity index is 688. The Balaban J connectivity index is 2.39. The van der Waals surface area contributed by atoms with E-state index < -0.39 is 48.1 Å². The van der Waals surface area contributed by atoms with Crippen molar-refractivity contribution < 1.29 is 34.4 Å². The molecule has 1 aliphatic rings. The van der Waals surface area contributed by atoms with Gasteiger partial charge in [-0.2, -0.15) is 0 Å². The van der Waals surface area contributed by atoms with Gasteiger partial charge in [0.2, 0.25) is 5.60 Å². The van der Waals surface area contributed by atoms with Gasteiger partial charge >= 0.3 is 12.1 Å². The molecule has 0 bridgehead atoms. The molecule has 8 nitrogen and oxygen atoms in total. The normalized spacial score (nSPS) is 28.0. The van der Waals surface area contributed by atoms with Crippen molar-refractivity contribution in [3.63, 3.8) is 0 Å². The number of esters is 1. The summed E-state index contributed by atoms with van der Waals surface area (Å²) in [6.07, 6.45) is -4.11. The van der Waals surface area contributed by atoms with Crippen LogP contribution in [-0.2, 0) is 20.7 Å². The summed E-state index contributed by atoms with van der Waals surface area (Å²) in [6, 6.07) is 8.02. The maximum absolute atomic E-state index is 12.7. The first kappa shape index (κ1) is 22.1. The number of aliphatic hydroxyl groups excluding tert-OH is 2. The third-order valence-electron chi connectivity index (χ3n) is 4.61. The summed E-state index contributed by atoms with van der Waals surface area (Å²) in [4.78, 5) is 26.2. The minimum absolute atomic E-state index is 0.0281. The first-order chi connectivity index (χ1) is 13.0. The molecular weight excluding hydrogens is 366 g/mol. The lowest BCUT2D eigenvalue weighted by Crippen LogP contribution is -2.73. The van der Waals surface area contributed by atoms with Gasteiger partial charge in [0.25, 0.3) is 0 Å². The van der Waals surface area contributed by atoms with Crippen molar-refractivity contribution >= 4 is 12.1 Å². The van der Waals surface area contributed by atoms with E-state index in [2.05, 4.69) is 0 Å². The maximum Gasteiger partial charge on any atom is 0.410 e. The largest absolute Gasteiger partial charge is 0.464 e. The van der Waals surface area contributed by atoms with Crippen LogP contribution in [0.25, 0.3) is 0 Å². The van der Waals surface area contributed by atoms with Gasteiger partial charge in [0.15, 0.2) is 0 Å². The number of benzene rings is 1. The average molecular weight is 395 g/mol. The zero-order chi connectivity index (χ0) is 21.1. The molecule has 4 atom stereocenters. The molecule has 1 aliphatic heterocycles. The van der Waals surface area contributed by atoms with Crippen LogP contribution >= 0.6 is 0 Å². The second kappa shape index (κ2) is 8.46. The second-order valence-corrected chi connectivity index (χ2v) is 7.90. The Labute approximate surface area is 164 Å². The van der Waals surface area contributed by atoms with E-state index in [0.717, 1.165) is 10.5 Å². The number of carbonyl (C=O) groups excluding carboxylic acids is 2. The van der Waals surface area contributed by atoms with Crippen LogP contribution in [0.3, 0.4) is 0 Å². The van der Waals surface area contributed by atoms with Crippen LogP contribution < -0.4 is 0 Å². The molecule has 1 saturated heterocycles. The minimum Gasteiger partial charge on any atom is -0.464 e. The highest BCUT2D eigenvalue weighted by atomic mass is 16.6. The van der Waals surface area contributed by atoms with E-state index in [4.69, 9.17) is 9.47 Å². The number of rotatable bonds is 4. The van der Waals surface area contributed by atoms with Crippen LogP contribution in [0.1, 0.15) is 33.3 Å². The summed E-state index contributed by atoms with van der Waals surface area (Å²) in [5.74, 6) is -1.13.